The van der Waals surface area contributed by atoms with Crippen molar-refractivity contribution in [2.24, 2.45) is 18.0 Å². The van der Waals surface area contributed by atoms with Gasteiger partial charge in [-0.3, -0.25) is 9.79 Å². The minimum Gasteiger partial charge on any atom is -0.481 e. The van der Waals surface area contributed by atoms with Crippen molar-refractivity contribution in [1.29, 1.82) is 0 Å². The van der Waals surface area contributed by atoms with Gasteiger partial charge in [-0.25, -0.2) is 4.68 Å². The first kappa shape index (κ1) is 16.2. The molecular weight excluding hydrogens is 334 g/mol. The van der Waals surface area contributed by atoms with E-state index in [9.17, 15) is 9.90 Å². The lowest BCUT2D eigenvalue weighted by Crippen LogP contribution is -2.32. The lowest BCUT2D eigenvalue weighted by Gasteiger charge is -2.24. The highest BCUT2D eigenvalue weighted by Gasteiger charge is 2.30. The molecule has 2 aromatic rings. The Morgan fingerprint density at radius 2 is 2.04 bits per heavy atom. The summed E-state index contributed by atoms with van der Waals surface area (Å²) >= 11 is 7.39. The van der Waals surface area contributed by atoms with Gasteiger partial charge in [-0.2, -0.15) is 5.10 Å². The predicted molar refractivity (Wildman–Crippen MR) is 90.5 cm³/mol. The Kier molecular flexibility index (Phi) is 4.82. The third-order valence-corrected chi connectivity index (χ3v) is 5.43. The molecule has 0 amide bonds. The topological polar surface area (TPSA) is 67.5 Å². The summed E-state index contributed by atoms with van der Waals surface area (Å²) < 4.78 is 1.72. The van der Waals surface area contributed by atoms with E-state index in [1.807, 2.05) is 31.3 Å². The number of aryl methyl sites for hydroxylation is 1. The molecule has 5 nitrogen and oxygen atoms in total. The molecule has 1 N–H and O–H groups in total. The first-order chi connectivity index (χ1) is 11.0. The Morgan fingerprint density at radius 1 is 1.35 bits per heavy atom. The number of nitrogens with zero attached hydrogens (tertiary/aromatic N) is 3. The van der Waals surface area contributed by atoms with Crippen LogP contribution in [0.1, 0.15) is 25.7 Å². The minimum absolute atomic E-state index is 0.161. The Hall–Kier alpha value is -1.66. The van der Waals surface area contributed by atoms with Crippen molar-refractivity contribution in [3.63, 3.8) is 0 Å². The van der Waals surface area contributed by atoms with E-state index in [2.05, 4.69) is 5.10 Å². The molecule has 0 aliphatic heterocycles. The van der Waals surface area contributed by atoms with Crippen molar-refractivity contribution in [1.82, 2.24) is 9.78 Å². The predicted octanol–water partition coefficient (Wildman–Crippen LogP) is 3.35. The van der Waals surface area contributed by atoms with Crippen molar-refractivity contribution in [2.45, 2.75) is 31.7 Å². The van der Waals surface area contributed by atoms with Crippen molar-refractivity contribution >= 4 is 28.9 Å². The third kappa shape index (κ3) is 3.64. The van der Waals surface area contributed by atoms with Crippen LogP contribution in [0.2, 0.25) is 5.02 Å². The lowest BCUT2D eigenvalue weighted by atomic mass is 9.85. The second-order valence-corrected chi connectivity index (χ2v) is 7.14. The third-order valence-electron chi connectivity index (χ3n) is 4.12. The molecule has 1 saturated carbocycles. The monoisotopic (exact) mass is 351 g/mol. The number of carboxylic acids is 1. The molecule has 1 aliphatic rings. The van der Waals surface area contributed by atoms with E-state index >= 15 is 0 Å². The molecule has 2 atom stereocenters. The molecule has 1 aromatic heterocycles. The Balaban J connectivity index is 1.93. The number of aromatic nitrogens is 2. The summed E-state index contributed by atoms with van der Waals surface area (Å²) in [5, 5.41) is 15.4. The first-order valence-corrected chi connectivity index (χ1v) is 8.81. The van der Waals surface area contributed by atoms with Crippen LogP contribution in [0.15, 0.2) is 29.3 Å². The molecule has 0 saturated heterocycles. The van der Waals surface area contributed by atoms with Crippen LogP contribution in [-0.4, -0.2) is 26.9 Å². The molecule has 0 bridgehead atoms. The van der Waals surface area contributed by atoms with Crippen LogP contribution in [-0.2, 0) is 11.8 Å². The van der Waals surface area contributed by atoms with E-state index in [4.69, 9.17) is 16.6 Å². The van der Waals surface area contributed by atoms with E-state index in [-0.39, 0.29) is 12.0 Å². The fraction of sp³-hybridized carbons (Fsp3) is 0.438. The van der Waals surface area contributed by atoms with Gasteiger partial charge in [-0.05, 0) is 25.0 Å². The normalized spacial score (nSPS) is 22.3. The largest absolute Gasteiger partial charge is 0.481 e. The van der Waals surface area contributed by atoms with Gasteiger partial charge < -0.3 is 5.11 Å². The Bertz CT molecular complexity index is 766. The zero-order valence-electron chi connectivity index (χ0n) is 12.8. The van der Waals surface area contributed by atoms with Gasteiger partial charge in [0.25, 0.3) is 0 Å². The molecule has 1 aliphatic carbocycles. The first-order valence-electron chi connectivity index (χ1n) is 7.61. The van der Waals surface area contributed by atoms with Crippen molar-refractivity contribution in [3.8, 4) is 10.6 Å². The van der Waals surface area contributed by atoms with Gasteiger partial charge in [0, 0.05) is 17.6 Å². The second kappa shape index (κ2) is 6.84. The maximum absolute atomic E-state index is 11.4. The number of hydrogen-bond acceptors (Lipinski definition) is 4. The second-order valence-electron chi connectivity index (χ2n) is 5.75. The lowest BCUT2D eigenvalue weighted by molar-refractivity contribution is -0.143. The number of halogens is 1. The van der Waals surface area contributed by atoms with E-state index in [1.54, 1.807) is 4.68 Å². The molecule has 122 valence electrons. The van der Waals surface area contributed by atoms with Crippen molar-refractivity contribution < 1.29 is 9.90 Å². The number of carboxylic acid groups (broad SMARTS) is 1. The summed E-state index contributed by atoms with van der Waals surface area (Å²) in [7, 11) is 1.84. The summed E-state index contributed by atoms with van der Waals surface area (Å²) in [6, 6.07) is 7.34. The van der Waals surface area contributed by atoms with E-state index < -0.39 is 5.97 Å². The van der Waals surface area contributed by atoms with Crippen molar-refractivity contribution in [3.05, 3.63) is 34.1 Å². The zero-order valence-corrected chi connectivity index (χ0v) is 14.3. The maximum atomic E-state index is 11.4. The number of hydrogen-bond donors (Lipinski definition) is 1. The average Bonchev–Trinajstić information content (AvgIpc) is 2.89. The molecule has 0 radical (unpaired) electrons. The molecule has 3 rings (SSSR count). The van der Waals surface area contributed by atoms with E-state index in [0.717, 1.165) is 34.6 Å². The molecule has 23 heavy (non-hydrogen) atoms. The molecule has 7 heteroatoms. The summed E-state index contributed by atoms with van der Waals surface area (Å²) in [5.74, 6) is -1.13. The summed E-state index contributed by atoms with van der Waals surface area (Å²) in [6.45, 7) is 0. The highest BCUT2D eigenvalue weighted by atomic mass is 35.5. The molecule has 1 heterocycles. The number of benzene rings is 1. The number of aliphatic carboxylic acids is 1. The molecule has 0 unspecified atom stereocenters. The molecule has 0 spiro atoms. The SMILES string of the molecule is Cn1nc(-c2ccc(Cl)cc2)sc1=N[C@H]1CCCC[C@@H]1C(=O)O. The van der Waals surface area contributed by atoms with Gasteiger partial charge in [-0.15, -0.1) is 0 Å². The van der Waals surface area contributed by atoms with Gasteiger partial charge >= 0.3 is 5.97 Å². The number of rotatable bonds is 3. The summed E-state index contributed by atoms with van der Waals surface area (Å²) in [5.41, 5.74) is 0.981. The smallest absolute Gasteiger partial charge is 0.308 e. The summed E-state index contributed by atoms with van der Waals surface area (Å²) in [6.07, 6.45) is 3.53. The van der Waals surface area contributed by atoms with Crippen LogP contribution in [0.4, 0.5) is 0 Å². The van der Waals surface area contributed by atoms with E-state index in [0.29, 0.717) is 11.4 Å². The van der Waals surface area contributed by atoms with Crippen LogP contribution in [0.25, 0.3) is 10.6 Å². The van der Waals surface area contributed by atoms with Gasteiger partial charge in [0.1, 0.15) is 5.01 Å². The van der Waals surface area contributed by atoms with Gasteiger partial charge in [0.15, 0.2) is 0 Å². The molecule has 1 aromatic carbocycles. The van der Waals surface area contributed by atoms with E-state index in [1.165, 1.54) is 11.3 Å². The average molecular weight is 352 g/mol. The quantitative estimate of drug-likeness (QED) is 0.922. The highest BCUT2D eigenvalue weighted by molar-refractivity contribution is 7.12. The maximum Gasteiger partial charge on any atom is 0.308 e. The Labute approximate surface area is 143 Å². The Morgan fingerprint density at radius 3 is 2.74 bits per heavy atom. The van der Waals surface area contributed by atoms with Gasteiger partial charge in [0.05, 0.1) is 12.0 Å². The van der Waals surface area contributed by atoms with Crippen LogP contribution in [0.5, 0.6) is 0 Å². The van der Waals surface area contributed by atoms with Crippen LogP contribution < -0.4 is 4.80 Å². The fourth-order valence-electron chi connectivity index (χ4n) is 2.87. The van der Waals surface area contributed by atoms with Crippen LogP contribution in [0, 0.1) is 5.92 Å². The minimum atomic E-state index is -0.747. The highest BCUT2D eigenvalue weighted by Crippen LogP contribution is 2.27. The fourth-order valence-corrected chi connectivity index (χ4v) is 3.94. The van der Waals surface area contributed by atoms with Crippen LogP contribution >= 0.6 is 22.9 Å². The molecular formula is C16H18ClN3O2S. The standard InChI is InChI=1S/C16H18ClN3O2S/c1-20-16(18-13-5-3-2-4-12(13)15(21)22)23-14(19-20)10-6-8-11(17)9-7-10/h6-9,12-13H,2-5H2,1H3,(H,21,22)/t12-,13-/m0/s1. The summed E-state index contributed by atoms with van der Waals surface area (Å²) in [4.78, 5) is 16.9. The van der Waals surface area contributed by atoms with Crippen LogP contribution in [0.3, 0.4) is 0 Å². The zero-order chi connectivity index (χ0) is 16.4. The van der Waals surface area contributed by atoms with Gasteiger partial charge in [-0.1, -0.05) is 47.9 Å². The number of carbonyl (C=O) groups is 1. The van der Waals surface area contributed by atoms with Gasteiger partial charge in [0.2, 0.25) is 4.80 Å². The molecule has 1 fully saturated rings. The van der Waals surface area contributed by atoms with Crippen molar-refractivity contribution in [2.75, 3.05) is 0 Å².